The van der Waals surface area contributed by atoms with Gasteiger partial charge in [0.2, 0.25) is 0 Å². The zero-order valence-electron chi connectivity index (χ0n) is 15.9. The Bertz CT molecular complexity index is 276. The summed E-state index contributed by atoms with van der Waals surface area (Å²) in [6, 6.07) is 0.492. The molecule has 136 valence electrons. The first-order valence-electron chi connectivity index (χ1n) is 11.0. The lowest BCUT2D eigenvalue weighted by Gasteiger charge is -2.29. The molecule has 2 atom stereocenters. The largest absolute Gasteiger partial charge is 0.328 e. The fourth-order valence-electron chi connectivity index (χ4n) is 5.12. The van der Waals surface area contributed by atoms with Crippen LogP contribution in [0.2, 0.25) is 0 Å². The van der Waals surface area contributed by atoms with E-state index in [0.717, 1.165) is 17.8 Å². The molecule has 2 rings (SSSR count). The molecule has 1 nitrogen and oxygen atoms in total. The van der Waals surface area contributed by atoms with Crippen molar-refractivity contribution in [3.05, 3.63) is 0 Å². The van der Waals surface area contributed by atoms with Crippen molar-refractivity contribution in [1.29, 1.82) is 0 Å². The van der Waals surface area contributed by atoms with Gasteiger partial charge < -0.3 is 5.73 Å². The molecule has 0 amide bonds. The second-order valence-corrected chi connectivity index (χ2v) is 8.88. The van der Waals surface area contributed by atoms with Gasteiger partial charge in [-0.15, -0.1) is 0 Å². The van der Waals surface area contributed by atoms with E-state index in [0.29, 0.717) is 6.04 Å². The third-order valence-electron chi connectivity index (χ3n) is 6.76. The second-order valence-electron chi connectivity index (χ2n) is 8.88. The Morgan fingerprint density at radius 2 is 0.826 bits per heavy atom. The monoisotopic (exact) mass is 321 g/mol. The van der Waals surface area contributed by atoms with E-state index in [9.17, 15) is 0 Å². The molecule has 2 aliphatic carbocycles. The summed E-state index contributed by atoms with van der Waals surface area (Å²) in [4.78, 5) is 0. The molecule has 0 saturated heterocycles. The summed E-state index contributed by atoms with van der Waals surface area (Å²) in [5.41, 5.74) is 6.20. The van der Waals surface area contributed by atoms with Crippen LogP contribution in [0.5, 0.6) is 0 Å². The van der Waals surface area contributed by atoms with E-state index >= 15 is 0 Å². The minimum absolute atomic E-state index is 0.492. The van der Waals surface area contributed by atoms with Crippen LogP contribution in [-0.2, 0) is 0 Å². The lowest BCUT2D eigenvalue weighted by Crippen LogP contribution is -2.22. The topological polar surface area (TPSA) is 26.0 Å². The van der Waals surface area contributed by atoms with Gasteiger partial charge in [0.1, 0.15) is 0 Å². The highest BCUT2D eigenvalue weighted by molar-refractivity contribution is 4.75. The summed E-state index contributed by atoms with van der Waals surface area (Å²) < 4.78 is 0. The third kappa shape index (κ3) is 8.05. The Balaban J connectivity index is 1.84. The minimum atomic E-state index is 0.492. The van der Waals surface area contributed by atoms with Crippen LogP contribution in [0, 0.1) is 17.8 Å². The maximum absolute atomic E-state index is 6.20. The van der Waals surface area contributed by atoms with Crippen molar-refractivity contribution in [1.82, 2.24) is 0 Å². The highest BCUT2D eigenvalue weighted by atomic mass is 14.6. The number of hydrogen-bond acceptors (Lipinski definition) is 1. The van der Waals surface area contributed by atoms with Gasteiger partial charge in [-0.05, 0) is 30.6 Å². The Morgan fingerprint density at radius 1 is 0.478 bits per heavy atom. The van der Waals surface area contributed by atoms with Crippen LogP contribution in [0.4, 0.5) is 0 Å². The molecule has 0 aromatic rings. The van der Waals surface area contributed by atoms with Crippen molar-refractivity contribution in [2.24, 2.45) is 23.5 Å². The first kappa shape index (κ1) is 19.3. The summed E-state index contributed by atoms with van der Waals surface area (Å²) in [7, 11) is 0. The Kier molecular flexibility index (Phi) is 9.65. The van der Waals surface area contributed by atoms with Gasteiger partial charge in [0.05, 0.1) is 0 Å². The Hall–Kier alpha value is -0.0400. The van der Waals surface area contributed by atoms with Crippen LogP contribution in [0.1, 0.15) is 116 Å². The van der Waals surface area contributed by atoms with Gasteiger partial charge in [0.15, 0.2) is 0 Å². The third-order valence-corrected chi connectivity index (χ3v) is 6.76. The molecule has 0 heterocycles. The van der Waals surface area contributed by atoms with E-state index in [1.165, 1.54) is 109 Å². The molecule has 0 aromatic heterocycles. The van der Waals surface area contributed by atoms with Crippen LogP contribution in [0.15, 0.2) is 0 Å². The molecular weight excluding hydrogens is 278 g/mol. The van der Waals surface area contributed by atoms with Gasteiger partial charge in [0, 0.05) is 6.04 Å². The lowest BCUT2D eigenvalue weighted by molar-refractivity contribution is 0.233. The van der Waals surface area contributed by atoms with Crippen LogP contribution in [-0.4, -0.2) is 6.04 Å². The SMILES string of the molecule is C[C@@H]1CCCCCC(C2CCCCC(N)CCCC2)CCCC1. The highest BCUT2D eigenvalue weighted by Gasteiger charge is 2.22. The number of rotatable bonds is 1. The zero-order chi connectivity index (χ0) is 16.3. The van der Waals surface area contributed by atoms with Crippen molar-refractivity contribution in [2.45, 2.75) is 122 Å². The summed E-state index contributed by atoms with van der Waals surface area (Å²) >= 11 is 0. The van der Waals surface area contributed by atoms with Crippen LogP contribution < -0.4 is 5.73 Å². The van der Waals surface area contributed by atoms with Crippen LogP contribution in [0.25, 0.3) is 0 Å². The van der Waals surface area contributed by atoms with Gasteiger partial charge in [-0.25, -0.2) is 0 Å². The molecule has 0 radical (unpaired) electrons. The van der Waals surface area contributed by atoms with Gasteiger partial charge >= 0.3 is 0 Å². The van der Waals surface area contributed by atoms with Crippen molar-refractivity contribution in [3.63, 3.8) is 0 Å². The summed E-state index contributed by atoms with van der Waals surface area (Å²) in [6.07, 6.45) is 24.6. The summed E-state index contributed by atoms with van der Waals surface area (Å²) in [5.74, 6) is 3.04. The van der Waals surface area contributed by atoms with Gasteiger partial charge in [-0.3, -0.25) is 0 Å². The molecule has 0 bridgehead atoms. The average Bonchev–Trinajstić information content (AvgIpc) is 2.59. The molecule has 2 fully saturated rings. The predicted molar refractivity (Wildman–Crippen MR) is 103 cm³/mol. The van der Waals surface area contributed by atoms with Crippen molar-refractivity contribution in [3.8, 4) is 0 Å². The molecule has 2 saturated carbocycles. The van der Waals surface area contributed by atoms with E-state index in [4.69, 9.17) is 5.73 Å². The first-order chi connectivity index (χ1) is 11.3. The fourth-order valence-corrected chi connectivity index (χ4v) is 5.12. The number of hydrogen-bond donors (Lipinski definition) is 1. The van der Waals surface area contributed by atoms with Crippen molar-refractivity contribution < 1.29 is 0 Å². The molecule has 0 aromatic carbocycles. The van der Waals surface area contributed by atoms with E-state index in [1.807, 2.05) is 0 Å². The van der Waals surface area contributed by atoms with Crippen molar-refractivity contribution >= 4 is 0 Å². The molecule has 2 N–H and O–H groups in total. The van der Waals surface area contributed by atoms with Gasteiger partial charge in [0.25, 0.3) is 0 Å². The maximum Gasteiger partial charge on any atom is 0.00388 e. The summed E-state index contributed by atoms with van der Waals surface area (Å²) in [5, 5.41) is 0. The highest BCUT2D eigenvalue weighted by Crippen LogP contribution is 2.34. The van der Waals surface area contributed by atoms with Crippen LogP contribution in [0.3, 0.4) is 0 Å². The molecule has 1 heteroatoms. The Labute approximate surface area is 146 Å². The van der Waals surface area contributed by atoms with E-state index in [2.05, 4.69) is 6.92 Å². The normalized spacial score (nSPS) is 36.8. The minimum Gasteiger partial charge on any atom is -0.328 e. The van der Waals surface area contributed by atoms with Crippen molar-refractivity contribution in [2.75, 3.05) is 0 Å². The first-order valence-corrected chi connectivity index (χ1v) is 11.0. The fraction of sp³-hybridized carbons (Fsp3) is 1.00. The van der Waals surface area contributed by atoms with Gasteiger partial charge in [-0.2, -0.15) is 0 Å². The standard InChI is InChI=1S/C22H43N/c1-19-11-3-2-4-13-20(14-6-5-12-19)21-15-7-9-17-22(23)18-10-8-16-21/h19-22H,2-18,23H2,1H3/t19-,20?,21?,22?/m1/s1. The molecule has 1 unspecified atom stereocenters. The quantitative estimate of drug-likeness (QED) is 0.562. The number of nitrogens with two attached hydrogens (primary N) is 1. The molecule has 2 aliphatic rings. The molecule has 23 heavy (non-hydrogen) atoms. The molecule has 0 spiro atoms. The Morgan fingerprint density at radius 3 is 1.35 bits per heavy atom. The lowest BCUT2D eigenvalue weighted by atomic mass is 9.77. The smallest absolute Gasteiger partial charge is 0.00388 e. The molecule has 0 aliphatic heterocycles. The second kappa shape index (κ2) is 11.5. The van der Waals surface area contributed by atoms with E-state index in [-0.39, 0.29) is 0 Å². The average molecular weight is 322 g/mol. The van der Waals surface area contributed by atoms with Gasteiger partial charge in [-0.1, -0.05) is 103 Å². The summed E-state index contributed by atoms with van der Waals surface area (Å²) in [6.45, 7) is 2.47. The molecular formula is C22H43N. The predicted octanol–water partition coefficient (Wildman–Crippen LogP) is 6.84. The maximum atomic E-state index is 6.20. The zero-order valence-corrected chi connectivity index (χ0v) is 15.9. The van der Waals surface area contributed by atoms with E-state index < -0.39 is 0 Å². The van der Waals surface area contributed by atoms with E-state index in [1.54, 1.807) is 0 Å². The van der Waals surface area contributed by atoms with Crippen LogP contribution >= 0.6 is 0 Å².